The van der Waals surface area contributed by atoms with E-state index < -0.39 is 19.5 Å². The number of hydrogen-bond donors (Lipinski definition) is 0. The van der Waals surface area contributed by atoms with Gasteiger partial charge in [-0.2, -0.15) is 0 Å². The van der Waals surface area contributed by atoms with Crippen LogP contribution >= 0.6 is 0 Å². The van der Waals surface area contributed by atoms with E-state index in [0.29, 0.717) is 25.6 Å². The van der Waals surface area contributed by atoms with Gasteiger partial charge in [-0.1, -0.05) is 27.7 Å². The number of carbonyl (C=O) groups excluding carboxylic acids is 1. The summed E-state index contributed by atoms with van der Waals surface area (Å²) in [6, 6.07) is 0. The average molecular weight is 473 g/mol. The third kappa shape index (κ3) is 7.52. The van der Waals surface area contributed by atoms with Crippen LogP contribution in [0.15, 0.2) is 0 Å². The van der Waals surface area contributed by atoms with Gasteiger partial charge in [-0.15, -0.1) is 0 Å². The molecule has 0 spiro atoms. The maximum atomic E-state index is 12.1. The predicted octanol–water partition coefficient (Wildman–Crippen LogP) is 5.69. The number of rotatable bonds is 8. The Morgan fingerprint density at radius 2 is 1.78 bits per heavy atom. The molecule has 32 heavy (non-hydrogen) atoms. The van der Waals surface area contributed by atoms with Crippen molar-refractivity contribution in [3.63, 3.8) is 0 Å². The third-order valence-electron chi connectivity index (χ3n) is 7.07. The van der Waals surface area contributed by atoms with Gasteiger partial charge in [0.05, 0.1) is 43.0 Å². The van der Waals surface area contributed by atoms with Gasteiger partial charge in [-0.05, 0) is 65.1 Å². The highest BCUT2D eigenvalue weighted by molar-refractivity contribution is 6.74. The highest BCUT2D eigenvalue weighted by Gasteiger charge is 2.46. The molecule has 2 aliphatic rings. The molecule has 0 aromatic rings. The lowest BCUT2D eigenvalue weighted by Crippen LogP contribution is -2.48. The molecule has 5 atom stereocenters. The maximum absolute atomic E-state index is 12.1. The average Bonchev–Trinajstić information content (AvgIpc) is 3.14. The summed E-state index contributed by atoms with van der Waals surface area (Å²) in [6.07, 6.45) is 2.45. The number of ether oxygens (including phenoxy) is 4. The molecule has 7 heteroatoms. The molecule has 6 nitrogen and oxygen atoms in total. The molecule has 2 saturated heterocycles. The van der Waals surface area contributed by atoms with Gasteiger partial charge in [0.1, 0.15) is 0 Å². The van der Waals surface area contributed by atoms with Crippen molar-refractivity contribution in [1.82, 2.24) is 0 Å². The van der Waals surface area contributed by atoms with Crippen molar-refractivity contribution < 1.29 is 28.2 Å². The van der Waals surface area contributed by atoms with Crippen molar-refractivity contribution in [3.8, 4) is 0 Å². The summed E-state index contributed by atoms with van der Waals surface area (Å²) in [6.45, 7) is 24.1. The monoisotopic (exact) mass is 472 g/mol. The van der Waals surface area contributed by atoms with Crippen molar-refractivity contribution in [2.24, 2.45) is 11.3 Å². The molecular formula is C25H48O6Si. The van der Waals surface area contributed by atoms with Crippen LogP contribution in [0.5, 0.6) is 0 Å². The summed E-state index contributed by atoms with van der Waals surface area (Å²) in [4.78, 5) is 12.1. The lowest BCUT2D eigenvalue weighted by atomic mass is 9.96. The van der Waals surface area contributed by atoms with Crippen LogP contribution in [0.2, 0.25) is 18.1 Å². The zero-order chi connectivity index (χ0) is 24.5. The molecule has 2 heterocycles. The first-order chi connectivity index (χ1) is 14.4. The van der Waals surface area contributed by atoms with Gasteiger partial charge in [0.15, 0.2) is 14.1 Å². The highest BCUT2D eigenvalue weighted by Crippen LogP contribution is 2.41. The molecule has 0 radical (unpaired) electrons. The first-order valence-corrected chi connectivity index (χ1v) is 15.1. The van der Waals surface area contributed by atoms with Crippen molar-refractivity contribution in [1.29, 1.82) is 0 Å². The van der Waals surface area contributed by atoms with Crippen LogP contribution in [0.3, 0.4) is 0 Å². The fourth-order valence-electron chi connectivity index (χ4n) is 3.98. The summed E-state index contributed by atoms with van der Waals surface area (Å²) in [7, 11) is -1.99. The van der Waals surface area contributed by atoms with Gasteiger partial charge in [0.25, 0.3) is 0 Å². The first kappa shape index (κ1) is 27.8. The topological polar surface area (TPSA) is 63.2 Å². The standard InChI is InChI=1S/C25H48O6Si/c1-17-14-20(29-19(17)12-13-27-22(26)23(2,3)4)21(31-32(10,11)24(5,6)7)15-18-16-28-25(8,9)30-18/h17-21H,12-16H2,1-11H3/t17-,18-,19-,20-,21-/m0/s1. The molecule has 2 rings (SSSR count). The number of carbonyl (C=O) groups is 1. The summed E-state index contributed by atoms with van der Waals surface area (Å²) in [5.41, 5.74) is -0.482. The Morgan fingerprint density at radius 3 is 2.28 bits per heavy atom. The van der Waals surface area contributed by atoms with Crippen LogP contribution in [-0.4, -0.2) is 57.7 Å². The fraction of sp³-hybridized carbons (Fsp3) is 0.960. The van der Waals surface area contributed by atoms with Crippen molar-refractivity contribution in [2.45, 2.75) is 130 Å². The van der Waals surface area contributed by atoms with E-state index in [1.54, 1.807) is 0 Å². The third-order valence-corrected chi connectivity index (χ3v) is 11.6. The van der Waals surface area contributed by atoms with Gasteiger partial charge >= 0.3 is 5.97 Å². The van der Waals surface area contributed by atoms with Gasteiger partial charge < -0.3 is 23.4 Å². The Labute approximate surface area is 197 Å². The zero-order valence-electron chi connectivity index (χ0n) is 22.4. The molecule has 0 aromatic carbocycles. The Morgan fingerprint density at radius 1 is 1.16 bits per heavy atom. The lowest BCUT2D eigenvalue weighted by molar-refractivity contribution is -0.154. The summed E-state index contributed by atoms with van der Waals surface area (Å²) < 4.78 is 30.8. The van der Waals surface area contributed by atoms with E-state index in [4.69, 9.17) is 23.4 Å². The molecule has 0 aliphatic carbocycles. The minimum atomic E-state index is -1.99. The molecular weight excluding hydrogens is 424 g/mol. The van der Waals surface area contributed by atoms with Gasteiger partial charge in [-0.25, -0.2) is 0 Å². The minimum absolute atomic E-state index is 0.00506. The molecule has 0 saturated carbocycles. The van der Waals surface area contributed by atoms with Crippen molar-refractivity contribution >= 4 is 14.3 Å². The van der Waals surface area contributed by atoms with Gasteiger partial charge in [0.2, 0.25) is 0 Å². The Hall–Kier alpha value is -0.473. The van der Waals surface area contributed by atoms with Crippen molar-refractivity contribution in [2.75, 3.05) is 13.2 Å². The molecule has 0 bridgehead atoms. The first-order valence-electron chi connectivity index (χ1n) is 12.2. The normalized spacial score (nSPS) is 29.8. The molecule has 0 unspecified atom stereocenters. The SMILES string of the molecule is C[C@H]1C[C@@H]([C@H](C[C@H]2COC(C)(C)O2)O[Si](C)(C)C(C)(C)C)O[C@H]1CCOC(=O)C(C)(C)C. The van der Waals surface area contributed by atoms with Gasteiger partial charge in [0, 0.05) is 12.8 Å². The van der Waals surface area contributed by atoms with E-state index in [2.05, 4.69) is 40.8 Å². The zero-order valence-corrected chi connectivity index (χ0v) is 23.4. The molecule has 0 amide bonds. The molecule has 0 N–H and O–H groups in total. The summed E-state index contributed by atoms with van der Waals surface area (Å²) in [5.74, 6) is -0.328. The quantitative estimate of drug-likeness (QED) is 0.334. The van der Waals surface area contributed by atoms with E-state index >= 15 is 0 Å². The maximum Gasteiger partial charge on any atom is 0.311 e. The Balaban J connectivity index is 2.04. The second-order valence-corrected chi connectivity index (χ2v) is 17.5. The smallest absolute Gasteiger partial charge is 0.311 e. The molecule has 2 fully saturated rings. The van der Waals surface area contributed by atoms with E-state index in [0.717, 1.165) is 12.8 Å². The van der Waals surface area contributed by atoms with Crippen molar-refractivity contribution in [3.05, 3.63) is 0 Å². The second kappa shape index (κ2) is 10.0. The molecule has 2 aliphatic heterocycles. The van der Waals surface area contributed by atoms with E-state index in [1.165, 1.54) is 0 Å². The highest BCUT2D eigenvalue weighted by atomic mass is 28.4. The lowest BCUT2D eigenvalue weighted by Gasteiger charge is -2.41. The number of hydrogen-bond acceptors (Lipinski definition) is 6. The van der Waals surface area contributed by atoms with Crippen LogP contribution in [-0.2, 0) is 28.2 Å². The van der Waals surface area contributed by atoms with Crippen LogP contribution in [0.4, 0.5) is 0 Å². The van der Waals surface area contributed by atoms with E-state index in [1.807, 2.05) is 34.6 Å². The largest absolute Gasteiger partial charge is 0.465 e. The fourth-order valence-corrected chi connectivity index (χ4v) is 5.34. The second-order valence-electron chi connectivity index (χ2n) is 12.7. The summed E-state index contributed by atoms with van der Waals surface area (Å²) >= 11 is 0. The van der Waals surface area contributed by atoms with E-state index in [-0.39, 0.29) is 35.4 Å². The van der Waals surface area contributed by atoms with E-state index in [9.17, 15) is 4.79 Å². The molecule has 188 valence electrons. The number of esters is 1. The van der Waals surface area contributed by atoms with Crippen LogP contribution in [0, 0.1) is 11.3 Å². The van der Waals surface area contributed by atoms with Crippen LogP contribution < -0.4 is 0 Å². The predicted molar refractivity (Wildman–Crippen MR) is 129 cm³/mol. The molecule has 0 aromatic heterocycles. The summed E-state index contributed by atoms with van der Waals surface area (Å²) in [5, 5.41) is 0.113. The van der Waals surface area contributed by atoms with Gasteiger partial charge in [-0.3, -0.25) is 4.79 Å². The van der Waals surface area contributed by atoms with Crippen LogP contribution in [0.1, 0.15) is 81.6 Å². The Kier molecular flexibility index (Phi) is 8.70. The minimum Gasteiger partial charge on any atom is -0.465 e. The van der Waals surface area contributed by atoms with Crippen LogP contribution in [0.25, 0.3) is 0 Å². The Bertz CT molecular complexity index is 633.